The van der Waals surface area contributed by atoms with E-state index in [0.29, 0.717) is 0 Å². The van der Waals surface area contributed by atoms with Crippen molar-refractivity contribution in [1.82, 2.24) is 4.90 Å². The Balaban J connectivity index is 1.97. The summed E-state index contributed by atoms with van der Waals surface area (Å²) in [7, 11) is 0. The number of likely N-dealkylation sites (tertiary alicyclic amines) is 1. The average Bonchev–Trinajstić information content (AvgIpc) is 2.40. The van der Waals surface area contributed by atoms with Crippen molar-refractivity contribution < 1.29 is 9.90 Å². The number of carbonyl (C=O) groups is 1. The summed E-state index contributed by atoms with van der Waals surface area (Å²) >= 11 is 0. The molecule has 0 spiro atoms. The van der Waals surface area contributed by atoms with Crippen LogP contribution in [0.25, 0.3) is 0 Å². The number of rotatable bonds is 0. The Kier molecular flexibility index (Phi) is 0.793. The molecule has 3 nitrogen and oxygen atoms in total. The molecule has 2 fully saturated rings. The van der Waals surface area contributed by atoms with Crippen molar-refractivity contribution in [2.75, 3.05) is 13.1 Å². The lowest BCUT2D eigenvalue weighted by molar-refractivity contribution is 0.151. The van der Waals surface area contributed by atoms with E-state index in [1.807, 2.05) is 0 Å². The summed E-state index contributed by atoms with van der Waals surface area (Å²) in [6.45, 7) is 1.58. The number of piperidine rings is 1. The molecule has 1 heterocycles. The van der Waals surface area contributed by atoms with Gasteiger partial charge in [0.25, 0.3) is 0 Å². The Morgan fingerprint density at radius 1 is 1.44 bits per heavy atom. The van der Waals surface area contributed by atoms with Gasteiger partial charge in [-0.1, -0.05) is 0 Å². The highest BCUT2D eigenvalue weighted by atomic mass is 16.4. The lowest BCUT2D eigenvalue weighted by Crippen LogP contribution is -2.28. The largest absolute Gasteiger partial charge is 0.465 e. The van der Waals surface area contributed by atoms with Gasteiger partial charge in [0.05, 0.1) is 0 Å². The highest BCUT2D eigenvalue weighted by molar-refractivity contribution is 5.65. The highest BCUT2D eigenvalue weighted by Crippen LogP contribution is 2.44. The van der Waals surface area contributed by atoms with E-state index in [0.717, 1.165) is 24.9 Å². The fraction of sp³-hybridized carbons (Fsp3) is 0.833. The van der Waals surface area contributed by atoms with Crippen LogP contribution < -0.4 is 0 Å². The predicted molar refractivity (Wildman–Crippen MR) is 31.2 cm³/mol. The summed E-state index contributed by atoms with van der Waals surface area (Å²) in [6, 6.07) is 0. The summed E-state index contributed by atoms with van der Waals surface area (Å²) < 4.78 is 0. The first-order chi connectivity index (χ1) is 4.27. The van der Waals surface area contributed by atoms with Gasteiger partial charge in [-0.25, -0.2) is 4.79 Å². The van der Waals surface area contributed by atoms with Gasteiger partial charge in [0.1, 0.15) is 0 Å². The molecular weight excluding hydrogens is 118 g/mol. The van der Waals surface area contributed by atoms with Crippen molar-refractivity contribution in [1.29, 1.82) is 0 Å². The van der Waals surface area contributed by atoms with Crippen LogP contribution in [0.2, 0.25) is 0 Å². The highest BCUT2D eigenvalue weighted by Gasteiger charge is 2.46. The summed E-state index contributed by atoms with van der Waals surface area (Å²) in [5.74, 6) is 1.45. The topological polar surface area (TPSA) is 40.5 Å². The molecule has 2 rings (SSSR count). The van der Waals surface area contributed by atoms with Crippen molar-refractivity contribution >= 4 is 6.09 Å². The smallest absolute Gasteiger partial charge is 0.407 e. The Bertz CT molecular complexity index is 147. The first-order valence-electron chi connectivity index (χ1n) is 3.25. The van der Waals surface area contributed by atoms with Gasteiger partial charge in [-0.2, -0.15) is 0 Å². The third-order valence-corrected chi connectivity index (χ3v) is 2.25. The van der Waals surface area contributed by atoms with Gasteiger partial charge in [0, 0.05) is 13.1 Å². The second-order valence-electron chi connectivity index (χ2n) is 2.94. The van der Waals surface area contributed by atoms with Gasteiger partial charge in [0.15, 0.2) is 0 Å². The molecule has 1 amide bonds. The molecule has 2 unspecified atom stereocenters. The van der Waals surface area contributed by atoms with Gasteiger partial charge in [-0.15, -0.1) is 0 Å². The molecule has 3 heteroatoms. The molecular formula is C6H9NO2. The normalized spacial score (nSPS) is 38.4. The van der Waals surface area contributed by atoms with Gasteiger partial charge in [-0.3, -0.25) is 0 Å². The molecule has 50 valence electrons. The molecule has 1 saturated heterocycles. The second kappa shape index (κ2) is 1.40. The zero-order valence-electron chi connectivity index (χ0n) is 5.08. The van der Waals surface area contributed by atoms with Crippen LogP contribution in [0.4, 0.5) is 4.79 Å². The molecule has 0 radical (unpaired) electrons. The maximum atomic E-state index is 10.3. The Hall–Kier alpha value is -0.730. The van der Waals surface area contributed by atoms with E-state index in [1.54, 1.807) is 0 Å². The third kappa shape index (κ3) is 0.677. The lowest BCUT2D eigenvalue weighted by Gasteiger charge is -2.11. The van der Waals surface area contributed by atoms with E-state index in [4.69, 9.17) is 5.11 Å². The number of fused-ring (bicyclic) bond motifs is 1. The van der Waals surface area contributed by atoms with E-state index < -0.39 is 6.09 Å². The van der Waals surface area contributed by atoms with Crippen LogP contribution in [0.15, 0.2) is 0 Å². The molecule has 9 heavy (non-hydrogen) atoms. The second-order valence-corrected chi connectivity index (χ2v) is 2.94. The number of hydrogen-bond donors (Lipinski definition) is 1. The molecule has 1 saturated carbocycles. The molecule has 2 atom stereocenters. The number of carboxylic acid groups (broad SMARTS) is 1. The maximum absolute atomic E-state index is 10.3. The van der Waals surface area contributed by atoms with Crippen LogP contribution in [0.1, 0.15) is 6.42 Å². The van der Waals surface area contributed by atoms with E-state index in [9.17, 15) is 4.79 Å². The van der Waals surface area contributed by atoms with Crippen molar-refractivity contribution in [3.63, 3.8) is 0 Å². The summed E-state index contributed by atoms with van der Waals surface area (Å²) in [5, 5.41) is 8.48. The van der Waals surface area contributed by atoms with Crippen LogP contribution >= 0.6 is 0 Å². The van der Waals surface area contributed by atoms with Crippen LogP contribution in [-0.2, 0) is 0 Å². The summed E-state index contributed by atoms with van der Waals surface area (Å²) in [4.78, 5) is 11.8. The van der Waals surface area contributed by atoms with Gasteiger partial charge in [-0.05, 0) is 18.3 Å². The maximum Gasteiger partial charge on any atom is 0.407 e. The van der Waals surface area contributed by atoms with Crippen LogP contribution in [-0.4, -0.2) is 29.2 Å². The van der Waals surface area contributed by atoms with Crippen LogP contribution in [0.5, 0.6) is 0 Å². The third-order valence-electron chi connectivity index (χ3n) is 2.25. The van der Waals surface area contributed by atoms with Gasteiger partial charge in [0.2, 0.25) is 0 Å². The Morgan fingerprint density at radius 3 is 2.33 bits per heavy atom. The van der Waals surface area contributed by atoms with Gasteiger partial charge < -0.3 is 10.0 Å². The van der Waals surface area contributed by atoms with Crippen LogP contribution in [0.3, 0.4) is 0 Å². The van der Waals surface area contributed by atoms with Crippen LogP contribution in [0, 0.1) is 11.8 Å². The minimum Gasteiger partial charge on any atom is -0.465 e. The fourth-order valence-corrected chi connectivity index (χ4v) is 1.55. The minimum atomic E-state index is -0.748. The first kappa shape index (κ1) is 5.09. The number of amides is 1. The van der Waals surface area contributed by atoms with E-state index in [1.165, 1.54) is 11.3 Å². The molecule has 1 aliphatic heterocycles. The predicted octanol–water partition coefficient (Wildman–Crippen LogP) is 0.616. The lowest BCUT2D eigenvalue weighted by atomic mass is 10.4. The van der Waals surface area contributed by atoms with E-state index in [2.05, 4.69) is 0 Å². The SMILES string of the molecule is O=C(O)N1CC2CC2C1. The number of hydrogen-bond acceptors (Lipinski definition) is 1. The molecule has 1 N–H and O–H groups in total. The molecule has 0 aromatic heterocycles. The Morgan fingerprint density at radius 2 is 2.00 bits per heavy atom. The van der Waals surface area contributed by atoms with Crippen molar-refractivity contribution in [2.24, 2.45) is 11.8 Å². The summed E-state index contributed by atoms with van der Waals surface area (Å²) in [6.07, 6.45) is 0.520. The molecule has 2 aliphatic rings. The zero-order valence-corrected chi connectivity index (χ0v) is 5.08. The van der Waals surface area contributed by atoms with Crippen molar-refractivity contribution in [3.8, 4) is 0 Å². The molecule has 0 aromatic rings. The first-order valence-corrected chi connectivity index (χ1v) is 3.25. The van der Waals surface area contributed by atoms with Crippen molar-refractivity contribution in [3.05, 3.63) is 0 Å². The molecule has 1 aliphatic carbocycles. The molecule has 0 aromatic carbocycles. The Labute approximate surface area is 53.3 Å². The zero-order chi connectivity index (χ0) is 6.43. The minimum absolute atomic E-state index is 0.723. The van der Waals surface area contributed by atoms with Crippen molar-refractivity contribution in [2.45, 2.75) is 6.42 Å². The summed E-state index contributed by atoms with van der Waals surface area (Å²) in [5.41, 5.74) is 0. The standard InChI is InChI=1S/C6H9NO2/c8-6(9)7-2-4-1-5(4)3-7/h4-5H,1-3H2,(H,8,9). The number of nitrogens with zero attached hydrogens (tertiary/aromatic N) is 1. The average molecular weight is 127 g/mol. The van der Waals surface area contributed by atoms with Gasteiger partial charge >= 0.3 is 6.09 Å². The fourth-order valence-electron chi connectivity index (χ4n) is 1.55. The molecule has 0 bridgehead atoms. The van der Waals surface area contributed by atoms with E-state index >= 15 is 0 Å². The monoisotopic (exact) mass is 127 g/mol. The van der Waals surface area contributed by atoms with E-state index in [-0.39, 0.29) is 0 Å². The quantitative estimate of drug-likeness (QED) is 0.518.